The molecule has 1 aliphatic rings. The van der Waals surface area contributed by atoms with E-state index in [1.807, 2.05) is 17.5 Å². The minimum Gasteiger partial charge on any atom is -0.390 e. The second-order valence-corrected chi connectivity index (χ2v) is 7.50. The number of nitrogens with zero attached hydrogens (tertiary/aromatic N) is 2. The number of halogens is 2. The Kier molecular flexibility index (Phi) is 5.66. The summed E-state index contributed by atoms with van der Waals surface area (Å²) in [5.74, 6) is -1.64. The molecule has 26 heavy (non-hydrogen) atoms. The summed E-state index contributed by atoms with van der Waals surface area (Å²) >= 11 is 1.58. The Hall–Kier alpha value is -2.28. The predicted octanol–water partition coefficient (Wildman–Crippen LogP) is 4.20. The quantitative estimate of drug-likeness (QED) is 0.756. The number of thiophene rings is 1. The molecule has 2 heterocycles. The zero-order valence-electron chi connectivity index (χ0n) is 14.6. The highest BCUT2D eigenvalue weighted by Gasteiger charge is 2.28. The fraction of sp³-hybridized carbons (Fsp3) is 0.368. The molecule has 7 heteroatoms. The molecule has 0 spiro atoms. The monoisotopic (exact) mass is 378 g/mol. The van der Waals surface area contributed by atoms with Gasteiger partial charge in [0.1, 0.15) is 17.3 Å². The number of hydrogen-bond donors (Lipinski definition) is 0. The first-order valence-electron chi connectivity index (χ1n) is 8.43. The highest BCUT2D eigenvalue weighted by Crippen LogP contribution is 2.22. The Morgan fingerprint density at radius 3 is 2.85 bits per heavy atom. The van der Waals surface area contributed by atoms with E-state index in [4.69, 9.17) is 4.84 Å². The number of oxime groups is 1. The van der Waals surface area contributed by atoms with Gasteiger partial charge in [0.2, 0.25) is 5.91 Å². The molecule has 0 unspecified atom stereocenters. The molecule has 0 saturated heterocycles. The van der Waals surface area contributed by atoms with Crippen molar-refractivity contribution in [1.29, 1.82) is 0 Å². The van der Waals surface area contributed by atoms with E-state index in [0.29, 0.717) is 13.0 Å². The van der Waals surface area contributed by atoms with Crippen LogP contribution in [0.4, 0.5) is 8.78 Å². The van der Waals surface area contributed by atoms with Gasteiger partial charge in [0, 0.05) is 30.5 Å². The standard InChI is InChI=1S/C19H20F2N2O2S/c1-12(2)19(24)23(10-13-5-6-14(20)8-16(13)21)11-15-9-17(22-25-15)18-4-3-7-26-18/h3-8,12,15H,9-11H2,1-2H3/t15-/m0/s1. The molecular weight excluding hydrogens is 358 g/mol. The van der Waals surface area contributed by atoms with Gasteiger partial charge in [-0.25, -0.2) is 8.78 Å². The zero-order valence-corrected chi connectivity index (χ0v) is 15.4. The number of hydrogen-bond acceptors (Lipinski definition) is 4. The molecule has 0 saturated carbocycles. The third-order valence-corrected chi connectivity index (χ3v) is 5.06. The molecule has 138 valence electrons. The summed E-state index contributed by atoms with van der Waals surface area (Å²) in [7, 11) is 0. The lowest BCUT2D eigenvalue weighted by atomic mass is 10.1. The summed E-state index contributed by atoms with van der Waals surface area (Å²) in [6.07, 6.45) is 0.312. The molecule has 1 amide bonds. The Labute approximate surface area is 155 Å². The van der Waals surface area contributed by atoms with E-state index in [1.165, 1.54) is 12.1 Å². The van der Waals surface area contributed by atoms with E-state index in [1.54, 1.807) is 30.1 Å². The van der Waals surface area contributed by atoms with Crippen molar-refractivity contribution in [1.82, 2.24) is 4.90 Å². The van der Waals surface area contributed by atoms with Crippen molar-refractivity contribution in [3.8, 4) is 0 Å². The maximum absolute atomic E-state index is 14.0. The Balaban J connectivity index is 1.70. The van der Waals surface area contributed by atoms with Crippen LogP contribution >= 0.6 is 11.3 Å². The van der Waals surface area contributed by atoms with Gasteiger partial charge >= 0.3 is 0 Å². The average molecular weight is 378 g/mol. The fourth-order valence-electron chi connectivity index (χ4n) is 2.81. The van der Waals surface area contributed by atoms with E-state index in [-0.39, 0.29) is 30.0 Å². The van der Waals surface area contributed by atoms with Crippen LogP contribution in [0.25, 0.3) is 0 Å². The largest absolute Gasteiger partial charge is 0.390 e. The Morgan fingerprint density at radius 2 is 2.19 bits per heavy atom. The van der Waals surface area contributed by atoms with Gasteiger partial charge in [0.15, 0.2) is 6.10 Å². The molecule has 3 rings (SSSR count). The molecule has 1 aromatic heterocycles. The molecule has 2 aromatic rings. The predicted molar refractivity (Wildman–Crippen MR) is 97.0 cm³/mol. The lowest BCUT2D eigenvalue weighted by Gasteiger charge is -2.26. The van der Waals surface area contributed by atoms with E-state index >= 15 is 0 Å². The molecular formula is C19H20F2N2O2S. The normalized spacial score (nSPS) is 16.5. The van der Waals surface area contributed by atoms with Crippen molar-refractivity contribution in [3.63, 3.8) is 0 Å². The van der Waals surface area contributed by atoms with Crippen LogP contribution in [0.15, 0.2) is 40.9 Å². The Bertz CT molecular complexity index is 806. The van der Waals surface area contributed by atoms with E-state index < -0.39 is 11.6 Å². The van der Waals surface area contributed by atoms with Crippen molar-refractivity contribution in [2.45, 2.75) is 32.9 Å². The van der Waals surface area contributed by atoms with Crippen LogP contribution in [0, 0.1) is 17.6 Å². The maximum atomic E-state index is 14.0. The summed E-state index contributed by atoms with van der Waals surface area (Å²) in [5.41, 5.74) is 1.13. The van der Waals surface area contributed by atoms with Gasteiger partial charge in [-0.2, -0.15) is 0 Å². The fourth-order valence-corrected chi connectivity index (χ4v) is 3.53. The van der Waals surface area contributed by atoms with Crippen molar-refractivity contribution >= 4 is 23.0 Å². The Morgan fingerprint density at radius 1 is 1.38 bits per heavy atom. The minimum absolute atomic E-state index is 0.0668. The molecule has 4 nitrogen and oxygen atoms in total. The molecule has 1 aromatic carbocycles. The van der Waals surface area contributed by atoms with Crippen LogP contribution in [0.2, 0.25) is 0 Å². The zero-order chi connectivity index (χ0) is 18.7. The van der Waals surface area contributed by atoms with Crippen LogP contribution in [-0.4, -0.2) is 29.2 Å². The lowest BCUT2D eigenvalue weighted by Crippen LogP contribution is -2.39. The number of rotatable bonds is 6. The van der Waals surface area contributed by atoms with Gasteiger partial charge in [-0.15, -0.1) is 11.3 Å². The summed E-state index contributed by atoms with van der Waals surface area (Å²) in [5, 5.41) is 6.09. The first kappa shape index (κ1) is 18.5. The number of amides is 1. The van der Waals surface area contributed by atoms with Crippen LogP contribution in [-0.2, 0) is 16.2 Å². The summed E-state index contributed by atoms with van der Waals surface area (Å²) in [6, 6.07) is 7.31. The van der Waals surface area contributed by atoms with Crippen molar-refractivity contribution in [3.05, 3.63) is 57.8 Å². The van der Waals surface area contributed by atoms with Crippen LogP contribution < -0.4 is 0 Å². The van der Waals surface area contributed by atoms with E-state index in [0.717, 1.165) is 16.7 Å². The first-order chi connectivity index (χ1) is 12.4. The van der Waals surface area contributed by atoms with Gasteiger partial charge in [0.05, 0.1) is 11.4 Å². The molecule has 0 radical (unpaired) electrons. The minimum atomic E-state index is -0.658. The van der Waals surface area contributed by atoms with E-state index in [2.05, 4.69) is 5.16 Å². The van der Waals surface area contributed by atoms with Crippen molar-refractivity contribution in [2.75, 3.05) is 6.54 Å². The van der Waals surface area contributed by atoms with Crippen LogP contribution in [0.3, 0.4) is 0 Å². The SMILES string of the molecule is CC(C)C(=O)N(Cc1ccc(F)cc1F)C[C@@H]1CC(c2cccs2)=NO1. The van der Waals surface area contributed by atoms with Gasteiger partial charge in [-0.1, -0.05) is 31.1 Å². The highest BCUT2D eigenvalue weighted by molar-refractivity contribution is 7.12. The van der Waals surface area contributed by atoms with Gasteiger partial charge in [0.25, 0.3) is 0 Å². The molecule has 0 N–H and O–H groups in total. The van der Waals surface area contributed by atoms with Crippen LogP contribution in [0.1, 0.15) is 30.7 Å². The molecule has 0 bridgehead atoms. The highest BCUT2D eigenvalue weighted by atomic mass is 32.1. The summed E-state index contributed by atoms with van der Waals surface area (Å²) in [6.45, 7) is 3.95. The average Bonchev–Trinajstić information content (AvgIpc) is 3.27. The summed E-state index contributed by atoms with van der Waals surface area (Å²) in [4.78, 5) is 20.6. The molecule has 1 atom stereocenters. The summed E-state index contributed by atoms with van der Waals surface area (Å²) < 4.78 is 27.1. The molecule has 0 fully saturated rings. The lowest BCUT2D eigenvalue weighted by molar-refractivity contribution is -0.137. The third-order valence-electron chi connectivity index (χ3n) is 4.14. The first-order valence-corrected chi connectivity index (χ1v) is 9.31. The second-order valence-electron chi connectivity index (χ2n) is 6.56. The third kappa shape index (κ3) is 4.27. The van der Waals surface area contributed by atoms with Crippen molar-refractivity contribution in [2.24, 2.45) is 11.1 Å². The van der Waals surface area contributed by atoms with E-state index in [9.17, 15) is 13.6 Å². The smallest absolute Gasteiger partial charge is 0.225 e. The van der Waals surface area contributed by atoms with Gasteiger partial charge in [-0.05, 0) is 17.5 Å². The number of carbonyl (C=O) groups is 1. The van der Waals surface area contributed by atoms with Crippen LogP contribution in [0.5, 0.6) is 0 Å². The number of benzene rings is 1. The maximum Gasteiger partial charge on any atom is 0.225 e. The number of carbonyl (C=O) groups excluding carboxylic acids is 1. The van der Waals surface area contributed by atoms with Crippen molar-refractivity contribution < 1.29 is 18.4 Å². The molecule has 0 aliphatic carbocycles. The topological polar surface area (TPSA) is 41.9 Å². The van der Waals surface area contributed by atoms with Gasteiger partial charge < -0.3 is 9.74 Å². The second kappa shape index (κ2) is 7.95. The van der Waals surface area contributed by atoms with Gasteiger partial charge in [-0.3, -0.25) is 4.79 Å². The molecule has 1 aliphatic heterocycles.